The lowest BCUT2D eigenvalue weighted by molar-refractivity contribution is 1.05. The molecule has 1 rings (SSSR count). The first-order chi connectivity index (χ1) is 5.24. The van der Waals surface area contributed by atoms with Crippen LogP contribution < -0.4 is 4.90 Å². The Bertz CT molecular complexity index is 235. The Morgan fingerprint density at radius 3 is 2.73 bits per heavy atom. The maximum atomic E-state index is 4.20. The summed E-state index contributed by atoms with van der Waals surface area (Å²) in [5.74, 6) is 1.01. The summed E-state index contributed by atoms with van der Waals surface area (Å²) < 4.78 is 0. The molecule has 0 atom stereocenters. The summed E-state index contributed by atoms with van der Waals surface area (Å²) in [6.45, 7) is 0. The molecule has 0 spiro atoms. The van der Waals surface area contributed by atoms with E-state index in [1.54, 1.807) is 11.8 Å². The number of hydrogen-bond donors (Lipinski definition) is 0. The Labute approximate surface area is 71.6 Å². The van der Waals surface area contributed by atoms with E-state index in [1.807, 2.05) is 31.3 Å². The molecule has 1 aromatic heterocycles. The fourth-order valence-electron chi connectivity index (χ4n) is 0.771. The van der Waals surface area contributed by atoms with E-state index < -0.39 is 0 Å². The smallest absolute Gasteiger partial charge is 0.129 e. The van der Waals surface area contributed by atoms with E-state index in [-0.39, 0.29) is 0 Å². The Kier molecular flexibility index (Phi) is 2.76. The van der Waals surface area contributed by atoms with Gasteiger partial charge in [-0.2, -0.15) is 0 Å². The molecule has 0 N–H and O–H groups in total. The number of pyridine rings is 1. The number of anilines is 1. The van der Waals surface area contributed by atoms with Crippen molar-refractivity contribution in [3.63, 3.8) is 0 Å². The summed E-state index contributed by atoms with van der Waals surface area (Å²) in [4.78, 5) is 7.45. The number of thioether (sulfide) groups is 1. The van der Waals surface area contributed by atoms with Gasteiger partial charge in [-0.25, -0.2) is 4.98 Å². The lowest BCUT2D eigenvalue weighted by Crippen LogP contribution is -2.10. The summed E-state index contributed by atoms with van der Waals surface area (Å²) in [5, 5.41) is 0. The molecule has 0 fully saturated rings. The first-order valence-electron chi connectivity index (χ1n) is 3.41. The minimum atomic E-state index is 1.01. The molecule has 1 aromatic rings. The largest absolute Gasteiger partial charge is 0.363 e. The number of rotatable bonds is 2. The van der Waals surface area contributed by atoms with Gasteiger partial charge in [0.05, 0.1) is 0 Å². The van der Waals surface area contributed by atoms with Crippen molar-refractivity contribution < 1.29 is 0 Å². The summed E-state index contributed by atoms with van der Waals surface area (Å²) in [6.07, 6.45) is 3.90. The average Bonchev–Trinajstić information content (AvgIpc) is 2.05. The standard InChI is InChI=1S/C8H12N2S/c1-10(2)8-6-7(11-3)4-5-9-8/h4-6H,1-3H3. The number of nitrogens with zero attached hydrogens (tertiary/aromatic N) is 2. The maximum absolute atomic E-state index is 4.20. The van der Waals surface area contributed by atoms with Crippen LogP contribution in [0.25, 0.3) is 0 Å². The van der Waals surface area contributed by atoms with Crippen molar-refractivity contribution in [2.24, 2.45) is 0 Å². The van der Waals surface area contributed by atoms with Gasteiger partial charge in [0.1, 0.15) is 5.82 Å². The minimum Gasteiger partial charge on any atom is -0.363 e. The molecule has 0 aromatic carbocycles. The minimum absolute atomic E-state index is 1.01. The maximum Gasteiger partial charge on any atom is 0.129 e. The first kappa shape index (κ1) is 8.40. The summed E-state index contributed by atoms with van der Waals surface area (Å²) in [6, 6.07) is 4.09. The Hall–Kier alpha value is -0.700. The molecule has 0 bridgehead atoms. The summed E-state index contributed by atoms with van der Waals surface area (Å²) in [7, 11) is 3.98. The van der Waals surface area contributed by atoms with Crippen molar-refractivity contribution in [1.82, 2.24) is 4.98 Å². The zero-order valence-corrected chi connectivity index (χ0v) is 7.85. The van der Waals surface area contributed by atoms with Gasteiger partial charge in [-0.3, -0.25) is 0 Å². The summed E-state index contributed by atoms with van der Waals surface area (Å²) in [5.41, 5.74) is 0. The van der Waals surface area contributed by atoms with E-state index in [0.29, 0.717) is 0 Å². The van der Waals surface area contributed by atoms with Crippen molar-refractivity contribution in [2.75, 3.05) is 25.3 Å². The number of hydrogen-bond acceptors (Lipinski definition) is 3. The average molecular weight is 168 g/mol. The van der Waals surface area contributed by atoms with Gasteiger partial charge in [0.2, 0.25) is 0 Å². The molecule has 1 heterocycles. The topological polar surface area (TPSA) is 16.1 Å². The predicted molar refractivity (Wildman–Crippen MR) is 50.3 cm³/mol. The van der Waals surface area contributed by atoms with Crippen molar-refractivity contribution in [1.29, 1.82) is 0 Å². The molecule has 0 radical (unpaired) electrons. The summed E-state index contributed by atoms with van der Waals surface area (Å²) >= 11 is 1.73. The molecule has 0 aliphatic carbocycles. The van der Waals surface area contributed by atoms with E-state index in [2.05, 4.69) is 17.3 Å². The van der Waals surface area contributed by atoms with Crippen LogP contribution in [0.4, 0.5) is 5.82 Å². The van der Waals surface area contributed by atoms with Crippen molar-refractivity contribution in [3.8, 4) is 0 Å². The van der Waals surface area contributed by atoms with Crippen LogP contribution in [-0.2, 0) is 0 Å². The normalized spacial score (nSPS) is 9.73. The van der Waals surface area contributed by atoms with E-state index >= 15 is 0 Å². The molecule has 0 unspecified atom stereocenters. The molecule has 0 aliphatic heterocycles. The molecule has 60 valence electrons. The van der Waals surface area contributed by atoms with Gasteiger partial charge < -0.3 is 4.90 Å². The van der Waals surface area contributed by atoms with Crippen molar-refractivity contribution in [3.05, 3.63) is 18.3 Å². The molecule has 3 heteroatoms. The fourth-order valence-corrected chi connectivity index (χ4v) is 1.19. The van der Waals surface area contributed by atoms with Crippen LogP contribution in [0.2, 0.25) is 0 Å². The van der Waals surface area contributed by atoms with E-state index in [9.17, 15) is 0 Å². The van der Waals surface area contributed by atoms with E-state index in [0.717, 1.165) is 5.82 Å². The van der Waals surface area contributed by atoms with Gasteiger partial charge in [0.15, 0.2) is 0 Å². The van der Waals surface area contributed by atoms with Crippen LogP contribution in [0.1, 0.15) is 0 Å². The monoisotopic (exact) mass is 168 g/mol. The Balaban J connectivity index is 2.91. The Morgan fingerprint density at radius 1 is 1.45 bits per heavy atom. The van der Waals surface area contributed by atoms with Crippen LogP contribution in [0.3, 0.4) is 0 Å². The Morgan fingerprint density at radius 2 is 2.18 bits per heavy atom. The van der Waals surface area contributed by atoms with Gasteiger partial charge in [-0.1, -0.05) is 0 Å². The predicted octanol–water partition coefficient (Wildman–Crippen LogP) is 1.87. The van der Waals surface area contributed by atoms with Crippen molar-refractivity contribution >= 4 is 17.6 Å². The van der Waals surface area contributed by atoms with Gasteiger partial charge in [0, 0.05) is 25.2 Å². The molecule has 0 saturated carbocycles. The van der Waals surface area contributed by atoms with Gasteiger partial charge >= 0.3 is 0 Å². The highest BCUT2D eigenvalue weighted by Crippen LogP contribution is 2.17. The van der Waals surface area contributed by atoms with E-state index in [4.69, 9.17) is 0 Å². The lowest BCUT2D eigenvalue weighted by Gasteiger charge is -2.10. The van der Waals surface area contributed by atoms with E-state index in [1.165, 1.54) is 4.90 Å². The second-order valence-corrected chi connectivity index (χ2v) is 3.33. The molecule has 2 nitrogen and oxygen atoms in total. The fraction of sp³-hybridized carbons (Fsp3) is 0.375. The highest BCUT2D eigenvalue weighted by Gasteiger charge is 1.96. The van der Waals surface area contributed by atoms with Gasteiger partial charge in [0.25, 0.3) is 0 Å². The molecule has 0 saturated heterocycles. The SMILES string of the molecule is CSc1ccnc(N(C)C)c1. The third-order valence-electron chi connectivity index (χ3n) is 1.41. The zero-order chi connectivity index (χ0) is 8.27. The van der Waals surface area contributed by atoms with Crippen LogP contribution in [0.15, 0.2) is 23.2 Å². The number of aromatic nitrogens is 1. The zero-order valence-electron chi connectivity index (χ0n) is 7.03. The third kappa shape index (κ3) is 2.12. The molecular formula is C8H12N2S. The van der Waals surface area contributed by atoms with Crippen LogP contribution in [0, 0.1) is 0 Å². The highest BCUT2D eigenvalue weighted by molar-refractivity contribution is 7.98. The third-order valence-corrected chi connectivity index (χ3v) is 2.14. The molecule has 0 aliphatic rings. The van der Waals surface area contributed by atoms with Crippen LogP contribution in [0.5, 0.6) is 0 Å². The quantitative estimate of drug-likeness (QED) is 0.627. The molecule has 11 heavy (non-hydrogen) atoms. The first-order valence-corrected chi connectivity index (χ1v) is 4.64. The molecule has 0 amide bonds. The van der Waals surface area contributed by atoms with Crippen LogP contribution >= 0.6 is 11.8 Å². The lowest BCUT2D eigenvalue weighted by atomic mass is 10.4. The molecular weight excluding hydrogens is 156 g/mol. The van der Waals surface area contributed by atoms with Gasteiger partial charge in [-0.05, 0) is 18.4 Å². The second-order valence-electron chi connectivity index (χ2n) is 2.45. The van der Waals surface area contributed by atoms with Crippen LogP contribution in [-0.4, -0.2) is 25.3 Å². The highest BCUT2D eigenvalue weighted by atomic mass is 32.2. The second kappa shape index (κ2) is 3.62. The van der Waals surface area contributed by atoms with Crippen molar-refractivity contribution in [2.45, 2.75) is 4.90 Å². The van der Waals surface area contributed by atoms with Gasteiger partial charge in [-0.15, -0.1) is 11.8 Å².